The number of halogens is 4. The molecule has 35 heavy (non-hydrogen) atoms. The van der Waals surface area contributed by atoms with Crippen molar-refractivity contribution in [2.24, 2.45) is 0 Å². The van der Waals surface area contributed by atoms with Gasteiger partial charge < -0.3 is 14.2 Å². The summed E-state index contributed by atoms with van der Waals surface area (Å²) in [6.45, 7) is 3.36. The lowest BCUT2D eigenvalue weighted by Gasteiger charge is -2.16. The lowest BCUT2D eigenvalue weighted by molar-refractivity contribution is -0.145. The fraction of sp³-hybridized carbons (Fsp3) is 0.231. The number of hydrogen-bond acceptors (Lipinski definition) is 5. The van der Waals surface area contributed by atoms with Crippen LogP contribution >= 0.6 is 0 Å². The number of nitrogens with zero attached hydrogens (tertiary/aromatic N) is 1. The molecule has 0 saturated heterocycles. The van der Waals surface area contributed by atoms with Gasteiger partial charge in [0.25, 0.3) is 0 Å². The molecule has 3 aromatic rings. The highest BCUT2D eigenvalue weighted by molar-refractivity contribution is 5.71. The smallest absolute Gasteiger partial charge is 0.416 e. The molecule has 0 aromatic heterocycles. The van der Waals surface area contributed by atoms with Crippen molar-refractivity contribution in [3.8, 4) is 28.7 Å². The number of carbonyl (C=O) groups is 1. The summed E-state index contributed by atoms with van der Waals surface area (Å²) in [4.78, 5) is 11.5. The highest BCUT2D eigenvalue weighted by Gasteiger charge is 2.30. The molecule has 0 fully saturated rings. The molecule has 0 bridgehead atoms. The Kier molecular flexibility index (Phi) is 7.97. The number of esters is 1. The van der Waals surface area contributed by atoms with Crippen LogP contribution in [0, 0.1) is 24.1 Å². The summed E-state index contributed by atoms with van der Waals surface area (Å²) in [5.41, 5.74) is 0.604. The van der Waals surface area contributed by atoms with Crippen LogP contribution in [-0.2, 0) is 15.7 Å². The zero-order valence-electron chi connectivity index (χ0n) is 18.9. The van der Waals surface area contributed by atoms with E-state index in [1.807, 2.05) is 6.07 Å². The average Bonchev–Trinajstić information content (AvgIpc) is 2.82. The maximum absolute atomic E-state index is 14.6. The normalized spacial score (nSPS) is 11.9. The Bertz CT molecular complexity index is 1230. The molecule has 0 spiro atoms. The number of nitriles is 1. The molecule has 0 aliphatic carbocycles. The molecule has 9 heteroatoms. The number of hydrogen-bond donors (Lipinski definition) is 0. The molecule has 0 radical (unpaired) electrons. The van der Waals surface area contributed by atoms with Crippen LogP contribution in [0.3, 0.4) is 0 Å². The molecule has 1 unspecified atom stereocenters. The van der Waals surface area contributed by atoms with Gasteiger partial charge in [-0.3, -0.25) is 0 Å². The molecular formula is C26H21F4NO4. The van der Waals surface area contributed by atoms with Crippen molar-refractivity contribution in [2.75, 3.05) is 13.2 Å². The third-order valence-corrected chi connectivity index (χ3v) is 4.99. The summed E-state index contributed by atoms with van der Waals surface area (Å²) in [5, 5.41) is 9.63. The number of rotatable bonds is 8. The second kappa shape index (κ2) is 10.9. The van der Waals surface area contributed by atoms with E-state index in [1.165, 1.54) is 30.3 Å². The zero-order chi connectivity index (χ0) is 25.6. The van der Waals surface area contributed by atoms with Gasteiger partial charge in [0, 0.05) is 5.56 Å². The summed E-state index contributed by atoms with van der Waals surface area (Å²) in [5.74, 6) is -0.537. The molecule has 0 aliphatic heterocycles. The molecule has 182 valence electrons. The van der Waals surface area contributed by atoms with Crippen LogP contribution in [0.1, 0.15) is 29.7 Å². The van der Waals surface area contributed by atoms with Crippen LogP contribution in [0.15, 0.2) is 60.7 Å². The molecule has 1 atom stereocenters. The maximum Gasteiger partial charge on any atom is 0.416 e. The van der Waals surface area contributed by atoms with E-state index < -0.39 is 29.6 Å². The topological polar surface area (TPSA) is 68.6 Å². The first kappa shape index (κ1) is 25.6. The van der Waals surface area contributed by atoms with Gasteiger partial charge >= 0.3 is 12.1 Å². The van der Waals surface area contributed by atoms with Crippen molar-refractivity contribution in [1.82, 2.24) is 0 Å². The van der Waals surface area contributed by atoms with E-state index >= 15 is 0 Å². The molecule has 0 aliphatic rings. The van der Waals surface area contributed by atoms with E-state index in [0.717, 1.165) is 18.2 Å². The number of ether oxygens (including phenoxy) is 3. The zero-order valence-corrected chi connectivity index (χ0v) is 18.9. The second-order valence-corrected chi connectivity index (χ2v) is 7.46. The predicted molar refractivity (Wildman–Crippen MR) is 119 cm³/mol. The van der Waals surface area contributed by atoms with Gasteiger partial charge in [-0.2, -0.15) is 18.4 Å². The van der Waals surface area contributed by atoms with Gasteiger partial charge in [-0.1, -0.05) is 18.2 Å². The highest BCUT2D eigenvalue weighted by atomic mass is 19.4. The Labute approximate surface area is 199 Å². The SMILES string of the molecule is CCOC(=O)COc1ccc(OC(C#N)c2cc(-c3ccc(C(F)(F)F)cc3)ccc2F)cc1C. The third kappa shape index (κ3) is 6.51. The summed E-state index contributed by atoms with van der Waals surface area (Å²) >= 11 is 0. The van der Waals surface area contributed by atoms with Gasteiger partial charge in [0.15, 0.2) is 6.61 Å². The summed E-state index contributed by atoms with van der Waals surface area (Å²) in [6.07, 6.45) is -5.79. The molecule has 0 amide bonds. The van der Waals surface area contributed by atoms with Crippen molar-refractivity contribution >= 4 is 5.97 Å². The Morgan fingerprint density at radius 1 is 1.03 bits per heavy atom. The minimum atomic E-state index is -4.47. The van der Waals surface area contributed by atoms with E-state index in [0.29, 0.717) is 22.4 Å². The first-order chi connectivity index (χ1) is 16.6. The molecule has 0 saturated carbocycles. The largest absolute Gasteiger partial charge is 0.482 e. The first-order valence-corrected chi connectivity index (χ1v) is 10.5. The van der Waals surface area contributed by atoms with Crippen LogP contribution < -0.4 is 9.47 Å². The fourth-order valence-corrected chi connectivity index (χ4v) is 3.27. The Hall–Kier alpha value is -4.06. The molecule has 5 nitrogen and oxygen atoms in total. The van der Waals surface area contributed by atoms with Gasteiger partial charge in [0.1, 0.15) is 23.4 Å². The van der Waals surface area contributed by atoms with E-state index in [-0.39, 0.29) is 24.5 Å². The van der Waals surface area contributed by atoms with Gasteiger partial charge in [-0.15, -0.1) is 0 Å². The van der Waals surface area contributed by atoms with Gasteiger partial charge in [0.2, 0.25) is 6.10 Å². The molecule has 3 aromatic carbocycles. The number of alkyl halides is 3. The predicted octanol–water partition coefficient (Wildman–Crippen LogP) is 6.41. The molecule has 0 N–H and O–H groups in total. The van der Waals surface area contributed by atoms with Crippen molar-refractivity contribution in [3.05, 3.63) is 83.2 Å². The Balaban J connectivity index is 1.80. The number of aryl methyl sites for hydroxylation is 1. The monoisotopic (exact) mass is 487 g/mol. The second-order valence-electron chi connectivity index (χ2n) is 7.46. The minimum absolute atomic E-state index is 0.0646. The van der Waals surface area contributed by atoms with E-state index in [9.17, 15) is 27.6 Å². The number of benzene rings is 3. The fourth-order valence-electron chi connectivity index (χ4n) is 3.27. The minimum Gasteiger partial charge on any atom is -0.482 e. The molecular weight excluding hydrogens is 466 g/mol. The van der Waals surface area contributed by atoms with Gasteiger partial charge in [0.05, 0.1) is 12.2 Å². The summed E-state index contributed by atoms with van der Waals surface area (Å²) in [6, 6.07) is 14.9. The maximum atomic E-state index is 14.6. The van der Waals surface area contributed by atoms with E-state index in [4.69, 9.17) is 14.2 Å². The highest BCUT2D eigenvalue weighted by Crippen LogP contribution is 2.33. The van der Waals surface area contributed by atoms with Crippen LogP contribution in [0.2, 0.25) is 0 Å². The average molecular weight is 487 g/mol. The van der Waals surface area contributed by atoms with Gasteiger partial charge in [-0.25, -0.2) is 9.18 Å². The van der Waals surface area contributed by atoms with Crippen LogP contribution in [0.25, 0.3) is 11.1 Å². The molecule has 0 heterocycles. The quantitative estimate of drug-likeness (QED) is 0.272. The lowest BCUT2D eigenvalue weighted by atomic mass is 9.99. The summed E-state index contributed by atoms with van der Waals surface area (Å²) in [7, 11) is 0. The number of carbonyl (C=O) groups excluding carboxylic acids is 1. The molecule has 3 rings (SSSR count). The van der Waals surface area contributed by atoms with Crippen LogP contribution in [0.4, 0.5) is 17.6 Å². The Morgan fingerprint density at radius 2 is 1.71 bits per heavy atom. The lowest BCUT2D eigenvalue weighted by Crippen LogP contribution is -2.15. The Morgan fingerprint density at radius 3 is 2.31 bits per heavy atom. The third-order valence-electron chi connectivity index (χ3n) is 4.99. The van der Waals surface area contributed by atoms with Crippen molar-refractivity contribution in [1.29, 1.82) is 5.26 Å². The van der Waals surface area contributed by atoms with Crippen LogP contribution in [-0.4, -0.2) is 19.2 Å². The summed E-state index contributed by atoms with van der Waals surface area (Å²) < 4.78 is 69.0. The first-order valence-electron chi connectivity index (χ1n) is 10.5. The van der Waals surface area contributed by atoms with Gasteiger partial charge in [-0.05, 0) is 73.0 Å². The van der Waals surface area contributed by atoms with Crippen molar-refractivity contribution in [3.63, 3.8) is 0 Å². The van der Waals surface area contributed by atoms with E-state index in [1.54, 1.807) is 26.0 Å². The standard InChI is InChI=1S/C26H21F4NO4/c1-3-33-25(32)15-34-23-11-9-20(12-16(23)2)35-24(14-31)21-13-18(6-10-22(21)27)17-4-7-19(8-5-17)26(28,29)30/h4-13,24H,3,15H2,1-2H3. The van der Waals surface area contributed by atoms with E-state index in [2.05, 4.69) is 0 Å². The van der Waals surface area contributed by atoms with Crippen molar-refractivity contribution in [2.45, 2.75) is 26.1 Å². The van der Waals surface area contributed by atoms with Crippen molar-refractivity contribution < 1.29 is 36.6 Å². The van der Waals surface area contributed by atoms with Crippen LogP contribution in [0.5, 0.6) is 11.5 Å².